The van der Waals surface area contributed by atoms with Gasteiger partial charge >= 0.3 is 0 Å². The average Bonchev–Trinajstić information content (AvgIpc) is 2.03. The van der Waals surface area contributed by atoms with E-state index in [9.17, 15) is 8.78 Å². The molecule has 12 heavy (non-hydrogen) atoms. The van der Waals surface area contributed by atoms with Gasteiger partial charge in [-0.05, 0) is 0 Å². The van der Waals surface area contributed by atoms with Crippen LogP contribution < -0.4 is 0 Å². The molecule has 0 aliphatic rings. The molecule has 1 rings (SSSR count). The highest BCUT2D eigenvalue weighted by Crippen LogP contribution is 2.27. The first-order chi connectivity index (χ1) is 5.66. The van der Waals surface area contributed by atoms with Crippen LogP contribution in [0.5, 0.6) is 5.75 Å². The molecule has 0 unspecified atom stereocenters. The van der Waals surface area contributed by atoms with E-state index in [0.717, 1.165) is 12.4 Å². The summed E-state index contributed by atoms with van der Waals surface area (Å²) >= 11 is 0. The first kappa shape index (κ1) is 8.86. The highest BCUT2D eigenvalue weighted by molar-refractivity contribution is 5.35. The lowest BCUT2D eigenvalue weighted by Crippen LogP contribution is -1.96. The van der Waals surface area contributed by atoms with Gasteiger partial charge in [0, 0.05) is 17.3 Å². The molecule has 5 heteroatoms. The van der Waals surface area contributed by atoms with Crippen LogP contribution in [0.25, 0.3) is 0 Å². The van der Waals surface area contributed by atoms with Gasteiger partial charge in [0.15, 0.2) is 0 Å². The van der Waals surface area contributed by atoms with E-state index in [2.05, 4.69) is 4.98 Å². The molecule has 0 aromatic carbocycles. The van der Waals surface area contributed by atoms with Crippen molar-refractivity contribution < 1.29 is 19.0 Å². The number of rotatable bonds is 2. The predicted octanol–water partition coefficient (Wildman–Crippen LogP) is 1.22. The predicted molar refractivity (Wildman–Crippen MR) is 36.8 cm³/mol. The van der Waals surface area contributed by atoms with E-state index in [0.29, 0.717) is 0 Å². The number of alkyl halides is 2. The number of nitrogens with zero attached hydrogens (tertiary/aromatic N) is 1. The van der Waals surface area contributed by atoms with Crippen molar-refractivity contribution in [1.82, 2.24) is 4.98 Å². The van der Waals surface area contributed by atoms with E-state index >= 15 is 0 Å². The van der Waals surface area contributed by atoms with E-state index in [1.165, 1.54) is 0 Å². The molecule has 0 saturated heterocycles. The number of halogens is 2. The minimum absolute atomic E-state index is 0.167. The van der Waals surface area contributed by atoms with Crippen molar-refractivity contribution in [3.63, 3.8) is 0 Å². The Morgan fingerprint density at radius 2 is 2.08 bits per heavy atom. The second kappa shape index (κ2) is 3.44. The Bertz CT molecular complexity index is 278. The second-order valence-corrected chi connectivity index (χ2v) is 2.19. The third kappa shape index (κ3) is 1.50. The molecule has 0 fully saturated rings. The maximum atomic E-state index is 12.1. The number of aromatic nitrogens is 1. The maximum Gasteiger partial charge on any atom is 0.265 e. The molecule has 0 aliphatic heterocycles. The topological polar surface area (TPSA) is 53.4 Å². The normalized spacial score (nSPS) is 10.7. The number of aromatic hydroxyl groups is 1. The van der Waals surface area contributed by atoms with Crippen molar-refractivity contribution >= 4 is 0 Å². The quantitative estimate of drug-likeness (QED) is 0.710. The number of pyridine rings is 1. The monoisotopic (exact) mass is 175 g/mol. The lowest BCUT2D eigenvalue weighted by atomic mass is 10.1. The van der Waals surface area contributed by atoms with Crippen molar-refractivity contribution in [3.8, 4) is 5.75 Å². The average molecular weight is 175 g/mol. The summed E-state index contributed by atoms with van der Waals surface area (Å²) in [5.74, 6) is -0.407. The molecular formula is C7H7F2NO2. The molecule has 1 heterocycles. The summed E-state index contributed by atoms with van der Waals surface area (Å²) in [7, 11) is 0. The summed E-state index contributed by atoms with van der Waals surface area (Å²) in [6.07, 6.45) is -0.792. The van der Waals surface area contributed by atoms with Crippen molar-refractivity contribution in [1.29, 1.82) is 0 Å². The van der Waals surface area contributed by atoms with Gasteiger partial charge in [-0.25, -0.2) is 8.78 Å². The van der Waals surface area contributed by atoms with Crippen molar-refractivity contribution in [2.24, 2.45) is 0 Å². The van der Waals surface area contributed by atoms with Crippen LogP contribution in [-0.2, 0) is 6.61 Å². The van der Waals surface area contributed by atoms with Crippen LogP contribution in [0, 0.1) is 0 Å². The Morgan fingerprint density at radius 3 is 2.50 bits per heavy atom. The standard InChI is InChI=1S/C7H7F2NO2/c8-7(9)4-1-10-2-6(12)5(4)3-11/h1-2,7,11-12H,3H2. The summed E-state index contributed by atoms with van der Waals surface area (Å²) in [6.45, 7) is -0.617. The highest BCUT2D eigenvalue weighted by atomic mass is 19.3. The number of aliphatic hydroxyl groups is 1. The summed E-state index contributed by atoms with van der Waals surface area (Å²) in [5.41, 5.74) is -0.600. The molecule has 3 nitrogen and oxygen atoms in total. The third-order valence-electron chi connectivity index (χ3n) is 1.46. The van der Waals surface area contributed by atoms with E-state index in [-0.39, 0.29) is 5.56 Å². The maximum absolute atomic E-state index is 12.1. The van der Waals surface area contributed by atoms with Gasteiger partial charge in [0.1, 0.15) is 5.75 Å². The molecular weight excluding hydrogens is 168 g/mol. The van der Waals surface area contributed by atoms with Crippen LogP contribution in [0.2, 0.25) is 0 Å². The summed E-state index contributed by atoms with van der Waals surface area (Å²) < 4.78 is 24.3. The molecule has 66 valence electrons. The zero-order valence-electron chi connectivity index (χ0n) is 6.04. The number of hydrogen-bond acceptors (Lipinski definition) is 3. The first-order valence-electron chi connectivity index (χ1n) is 3.21. The molecule has 0 saturated carbocycles. The van der Waals surface area contributed by atoms with Crippen molar-refractivity contribution in [2.45, 2.75) is 13.0 Å². The van der Waals surface area contributed by atoms with E-state index in [1.54, 1.807) is 0 Å². The van der Waals surface area contributed by atoms with Gasteiger partial charge in [-0.1, -0.05) is 0 Å². The summed E-state index contributed by atoms with van der Waals surface area (Å²) in [6, 6.07) is 0. The molecule has 2 N–H and O–H groups in total. The largest absolute Gasteiger partial charge is 0.506 e. The zero-order valence-corrected chi connectivity index (χ0v) is 6.04. The van der Waals surface area contributed by atoms with Crippen molar-refractivity contribution in [2.75, 3.05) is 0 Å². The minimum atomic E-state index is -2.73. The molecule has 0 atom stereocenters. The van der Waals surface area contributed by atoms with Crippen LogP contribution in [0.3, 0.4) is 0 Å². The highest BCUT2D eigenvalue weighted by Gasteiger charge is 2.15. The van der Waals surface area contributed by atoms with Crippen LogP contribution in [0.1, 0.15) is 17.6 Å². The summed E-state index contributed by atoms with van der Waals surface area (Å²) in [4.78, 5) is 3.37. The van der Waals surface area contributed by atoms with E-state index < -0.39 is 24.3 Å². The molecule has 0 bridgehead atoms. The Morgan fingerprint density at radius 1 is 1.42 bits per heavy atom. The second-order valence-electron chi connectivity index (χ2n) is 2.19. The van der Waals surface area contributed by atoms with Gasteiger partial charge in [-0.3, -0.25) is 4.98 Å². The van der Waals surface area contributed by atoms with Gasteiger partial charge in [0.25, 0.3) is 6.43 Å². The number of aliphatic hydroxyl groups excluding tert-OH is 1. The molecule has 0 aliphatic carbocycles. The molecule has 0 radical (unpaired) electrons. The Balaban J connectivity index is 3.18. The third-order valence-corrected chi connectivity index (χ3v) is 1.46. The van der Waals surface area contributed by atoms with Crippen LogP contribution >= 0.6 is 0 Å². The van der Waals surface area contributed by atoms with Crippen LogP contribution in [-0.4, -0.2) is 15.2 Å². The lowest BCUT2D eigenvalue weighted by molar-refractivity contribution is 0.145. The SMILES string of the molecule is OCc1c(O)cncc1C(F)F. The molecule has 1 aromatic rings. The van der Waals surface area contributed by atoms with Gasteiger partial charge in [-0.15, -0.1) is 0 Å². The molecule has 1 aromatic heterocycles. The van der Waals surface area contributed by atoms with Gasteiger partial charge in [0.05, 0.1) is 12.8 Å². The summed E-state index contributed by atoms with van der Waals surface area (Å²) in [5, 5.41) is 17.6. The van der Waals surface area contributed by atoms with E-state index in [1.807, 2.05) is 0 Å². The van der Waals surface area contributed by atoms with Gasteiger partial charge in [-0.2, -0.15) is 0 Å². The van der Waals surface area contributed by atoms with Crippen LogP contribution in [0.4, 0.5) is 8.78 Å². The van der Waals surface area contributed by atoms with Gasteiger partial charge in [0.2, 0.25) is 0 Å². The Labute approximate surface area is 67.3 Å². The minimum Gasteiger partial charge on any atom is -0.506 e. The van der Waals surface area contributed by atoms with Crippen LogP contribution in [0.15, 0.2) is 12.4 Å². The van der Waals surface area contributed by atoms with Gasteiger partial charge < -0.3 is 10.2 Å². The molecule has 0 amide bonds. The molecule has 0 spiro atoms. The fourth-order valence-electron chi connectivity index (χ4n) is 0.852. The fourth-order valence-corrected chi connectivity index (χ4v) is 0.852. The number of hydrogen-bond donors (Lipinski definition) is 2. The zero-order chi connectivity index (χ0) is 9.14. The Hall–Kier alpha value is -1.23. The van der Waals surface area contributed by atoms with E-state index in [4.69, 9.17) is 10.2 Å². The fraction of sp³-hybridized carbons (Fsp3) is 0.286. The first-order valence-corrected chi connectivity index (χ1v) is 3.21. The smallest absolute Gasteiger partial charge is 0.265 e. The van der Waals surface area contributed by atoms with Crippen molar-refractivity contribution in [3.05, 3.63) is 23.5 Å². The Kier molecular flexibility index (Phi) is 2.54. The lowest BCUT2D eigenvalue weighted by Gasteiger charge is -2.06.